The Morgan fingerprint density at radius 1 is 1.50 bits per heavy atom. The van der Waals surface area contributed by atoms with E-state index < -0.39 is 11.5 Å². The van der Waals surface area contributed by atoms with Crippen LogP contribution in [0, 0.1) is 5.92 Å². The first-order valence-electron chi connectivity index (χ1n) is 6.39. The highest BCUT2D eigenvalue weighted by Crippen LogP contribution is 2.24. The molecule has 1 atom stereocenters. The van der Waals surface area contributed by atoms with Gasteiger partial charge in [0.15, 0.2) is 0 Å². The Labute approximate surface area is 123 Å². The van der Waals surface area contributed by atoms with Crippen molar-refractivity contribution in [1.82, 2.24) is 5.32 Å². The van der Waals surface area contributed by atoms with Gasteiger partial charge in [-0.25, -0.2) is 0 Å². The lowest BCUT2D eigenvalue weighted by Gasteiger charge is -2.33. The third-order valence-electron chi connectivity index (χ3n) is 3.44. The molecule has 112 valence electrons. The number of thiophene rings is 1. The largest absolute Gasteiger partial charge is 0.481 e. The van der Waals surface area contributed by atoms with E-state index in [-0.39, 0.29) is 18.2 Å². The number of carbonyl (C=O) groups is 2. The average molecular weight is 299 g/mol. The van der Waals surface area contributed by atoms with Gasteiger partial charge in [-0.05, 0) is 24.3 Å². The van der Waals surface area contributed by atoms with Gasteiger partial charge in [-0.15, -0.1) is 11.3 Å². The first-order chi connectivity index (χ1) is 9.30. The molecule has 1 rings (SSSR count). The van der Waals surface area contributed by atoms with Gasteiger partial charge in [-0.1, -0.05) is 13.8 Å². The summed E-state index contributed by atoms with van der Waals surface area (Å²) in [7, 11) is 1.57. The number of amides is 1. The Bertz CT molecular complexity index is 483. The molecule has 0 spiro atoms. The van der Waals surface area contributed by atoms with E-state index in [0.29, 0.717) is 11.5 Å². The number of nitrogens with one attached hydrogen (secondary N) is 1. The van der Waals surface area contributed by atoms with Gasteiger partial charge in [0.1, 0.15) is 0 Å². The lowest BCUT2D eigenvalue weighted by molar-refractivity contribution is -0.138. The van der Waals surface area contributed by atoms with E-state index in [4.69, 9.17) is 9.84 Å². The van der Waals surface area contributed by atoms with Crippen LogP contribution in [0.1, 0.15) is 42.4 Å². The Morgan fingerprint density at radius 2 is 2.15 bits per heavy atom. The lowest BCUT2D eigenvalue weighted by atomic mass is 9.85. The van der Waals surface area contributed by atoms with Crippen LogP contribution in [0.25, 0.3) is 0 Å². The van der Waals surface area contributed by atoms with Crippen molar-refractivity contribution in [2.75, 3.05) is 7.11 Å². The first-order valence-corrected chi connectivity index (χ1v) is 7.27. The number of carboxylic acid groups (broad SMARTS) is 1. The monoisotopic (exact) mass is 299 g/mol. The number of aliphatic carboxylic acids is 1. The fraction of sp³-hybridized carbons (Fsp3) is 0.571. The second kappa shape index (κ2) is 6.85. The quantitative estimate of drug-likeness (QED) is 0.811. The SMILES string of the molecule is COCc1ccsc1C(=O)NC(C)(CC(=O)O)C(C)C. The number of methoxy groups -OCH3 is 1. The summed E-state index contributed by atoms with van der Waals surface area (Å²) in [6.45, 7) is 5.91. The minimum Gasteiger partial charge on any atom is -0.481 e. The summed E-state index contributed by atoms with van der Waals surface area (Å²) in [5.74, 6) is -1.16. The van der Waals surface area contributed by atoms with Crippen LogP contribution in [0.2, 0.25) is 0 Å². The van der Waals surface area contributed by atoms with Crippen LogP contribution in [-0.2, 0) is 16.1 Å². The Hall–Kier alpha value is -1.40. The molecule has 2 N–H and O–H groups in total. The van der Waals surface area contributed by atoms with Gasteiger partial charge >= 0.3 is 5.97 Å². The van der Waals surface area contributed by atoms with Gasteiger partial charge in [-0.2, -0.15) is 0 Å². The van der Waals surface area contributed by atoms with Crippen molar-refractivity contribution in [3.63, 3.8) is 0 Å². The fourth-order valence-electron chi connectivity index (χ4n) is 1.83. The van der Waals surface area contributed by atoms with Crippen molar-refractivity contribution in [3.05, 3.63) is 21.9 Å². The van der Waals surface area contributed by atoms with E-state index in [1.165, 1.54) is 11.3 Å². The van der Waals surface area contributed by atoms with E-state index in [0.717, 1.165) is 5.56 Å². The van der Waals surface area contributed by atoms with Crippen molar-refractivity contribution < 1.29 is 19.4 Å². The minimum atomic E-state index is -0.926. The van der Waals surface area contributed by atoms with Crippen LogP contribution in [0.5, 0.6) is 0 Å². The van der Waals surface area contributed by atoms with Gasteiger partial charge in [0, 0.05) is 12.7 Å². The van der Waals surface area contributed by atoms with Crippen LogP contribution in [0.15, 0.2) is 11.4 Å². The zero-order chi connectivity index (χ0) is 15.3. The highest BCUT2D eigenvalue weighted by atomic mass is 32.1. The van der Waals surface area contributed by atoms with E-state index in [9.17, 15) is 9.59 Å². The fourth-order valence-corrected chi connectivity index (χ4v) is 2.63. The van der Waals surface area contributed by atoms with Crippen molar-refractivity contribution in [3.8, 4) is 0 Å². The molecule has 0 aliphatic carbocycles. The molecular weight excluding hydrogens is 278 g/mol. The van der Waals surface area contributed by atoms with E-state index in [1.54, 1.807) is 14.0 Å². The van der Waals surface area contributed by atoms with Gasteiger partial charge in [-0.3, -0.25) is 9.59 Å². The molecule has 0 bridgehead atoms. The van der Waals surface area contributed by atoms with Crippen molar-refractivity contribution in [2.45, 2.75) is 39.3 Å². The second-order valence-electron chi connectivity index (χ2n) is 5.30. The number of carbonyl (C=O) groups excluding carboxylic acids is 1. The molecule has 20 heavy (non-hydrogen) atoms. The third-order valence-corrected chi connectivity index (χ3v) is 4.40. The molecule has 0 radical (unpaired) electrons. The molecule has 1 heterocycles. The number of hydrogen-bond donors (Lipinski definition) is 2. The smallest absolute Gasteiger partial charge is 0.305 e. The van der Waals surface area contributed by atoms with Crippen LogP contribution < -0.4 is 5.32 Å². The number of ether oxygens (including phenoxy) is 1. The molecule has 1 unspecified atom stereocenters. The molecular formula is C14H21NO4S. The summed E-state index contributed by atoms with van der Waals surface area (Å²) >= 11 is 1.33. The molecule has 0 aromatic carbocycles. The van der Waals surface area contributed by atoms with Crippen LogP contribution in [0.3, 0.4) is 0 Å². The number of rotatable bonds is 7. The van der Waals surface area contributed by atoms with E-state index in [1.807, 2.05) is 25.3 Å². The lowest BCUT2D eigenvalue weighted by Crippen LogP contribution is -2.51. The van der Waals surface area contributed by atoms with Crippen LogP contribution in [-0.4, -0.2) is 29.6 Å². The highest BCUT2D eigenvalue weighted by Gasteiger charge is 2.33. The Morgan fingerprint density at radius 3 is 2.65 bits per heavy atom. The maximum atomic E-state index is 12.4. The predicted octanol–water partition coefficient (Wildman–Crippen LogP) is 2.51. The molecule has 1 amide bonds. The third kappa shape index (κ3) is 4.05. The molecule has 0 aliphatic heterocycles. The predicted molar refractivity (Wildman–Crippen MR) is 78.0 cm³/mol. The van der Waals surface area contributed by atoms with E-state index >= 15 is 0 Å². The molecule has 0 fully saturated rings. The number of carboxylic acids is 1. The summed E-state index contributed by atoms with van der Waals surface area (Å²) in [6, 6.07) is 1.84. The molecule has 5 nitrogen and oxygen atoms in total. The standard InChI is InChI=1S/C14H21NO4S/c1-9(2)14(3,7-11(16)17)15-13(18)12-10(8-19-4)5-6-20-12/h5-6,9H,7-8H2,1-4H3,(H,15,18)(H,16,17). The van der Waals surface area contributed by atoms with Gasteiger partial charge in [0.05, 0.1) is 23.4 Å². The second-order valence-corrected chi connectivity index (χ2v) is 6.22. The summed E-state index contributed by atoms with van der Waals surface area (Å²) in [6.07, 6.45) is -0.110. The van der Waals surface area contributed by atoms with Gasteiger partial charge in [0.25, 0.3) is 5.91 Å². The Kier molecular flexibility index (Phi) is 5.71. The van der Waals surface area contributed by atoms with Crippen molar-refractivity contribution in [1.29, 1.82) is 0 Å². The van der Waals surface area contributed by atoms with Crippen LogP contribution in [0.4, 0.5) is 0 Å². The molecule has 1 aromatic rings. The maximum Gasteiger partial charge on any atom is 0.305 e. The van der Waals surface area contributed by atoms with Crippen molar-refractivity contribution in [2.24, 2.45) is 5.92 Å². The molecule has 0 aliphatic rings. The topological polar surface area (TPSA) is 75.6 Å². The Balaban J connectivity index is 2.91. The maximum absolute atomic E-state index is 12.4. The summed E-state index contributed by atoms with van der Waals surface area (Å²) in [4.78, 5) is 23.9. The van der Waals surface area contributed by atoms with Crippen LogP contribution >= 0.6 is 11.3 Å². The first kappa shape index (κ1) is 16.7. The summed E-state index contributed by atoms with van der Waals surface area (Å²) in [5, 5.41) is 13.7. The van der Waals surface area contributed by atoms with Gasteiger partial charge < -0.3 is 15.2 Å². The zero-order valence-electron chi connectivity index (χ0n) is 12.2. The normalized spacial score (nSPS) is 14.1. The van der Waals surface area contributed by atoms with Crippen molar-refractivity contribution >= 4 is 23.2 Å². The summed E-state index contributed by atoms with van der Waals surface area (Å²) in [5.41, 5.74) is 0.0356. The van der Waals surface area contributed by atoms with E-state index in [2.05, 4.69) is 5.32 Å². The summed E-state index contributed by atoms with van der Waals surface area (Å²) < 4.78 is 5.05. The molecule has 0 saturated carbocycles. The van der Waals surface area contributed by atoms with Gasteiger partial charge in [0.2, 0.25) is 0 Å². The molecule has 1 aromatic heterocycles. The number of hydrogen-bond acceptors (Lipinski definition) is 4. The average Bonchev–Trinajstić information content (AvgIpc) is 2.76. The highest BCUT2D eigenvalue weighted by molar-refractivity contribution is 7.12. The minimum absolute atomic E-state index is 0.00777. The molecule has 6 heteroatoms. The zero-order valence-corrected chi connectivity index (χ0v) is 13.0. The molecule has 0 saturated heterocycles.